The van der Waals surface area contributed by atoms with Crippen LogP contribution in [0.5, 0.6) is 11.5 Å². The summed E-state index contributed by atoms with van der Waals surface area (Å²) in [6, 6.07) is 10.8. The molecule has 0 spiro atoms. The third-order valence-corrected chi connectivity index (χ3v) is 6.13. The largest absolute Gasteiger partial charge is 0.497 e. The molecule has 1 amide bonds. The highest BCUT2D eigenvalue weighted by atomic mass is 35.5. The summed E-state index contributed by atoms with van der Waals surface area (Å²) in [7, 11) is 1.63. The molecule has 1 aromatic heterocycles. The maximum absolute atomic E-state index is 13.1. The molecule has 0 radical (unpaired) electrons. The third-order valence-electron chi connectivity index (χ3n) is 5.89. The minimum atomic E-state index is -0.289. The van der Waals surface area contributed by atoms with Crippen molar-refractivity contribution in [3.63, 3.8) is 0 Å². The summed E-state index contributed by atoms with van der Waals surface area (Å²) < 4.78 is 17.0. The second-order valence-corrected chi connectivity index (χ2v) is 8.59. The molecule has 1 atom stereocenters. The van der Waals surface area contributed by atoms with Crippen LogP contribution >= 0.6 is 11.6 Å². The molecule has 1 aliphatic heterocycles. The summed E-state index contributed by atoms with van der Waals surface area (Å²) in [5.41, 5.74) is 3.35. The smallest absolute Gasteiger partial charge is 0.227 e. The van der Waals surface area contributed by atoms with Gasteiger partial charge in [0.2, 0.25) is 5.91 Å². The molecule has 8 heteroatoms. The van der Waals surface area contributed by atoms with E-state index in [0.717, 1.165) is 27.9 Å². The van der Waals surface area contributed by atoms with Gasteiger partial charge < -0.3 is 24.1 Å². The van der Waals surface area contributed by atoms with Gasteiger partial charge in [0.1, 0.15) is 24.2 Å². The van der Waals surface area contributed by atoms with Gasteiger partial charge in [-0.05, 0) is 55.8 Å². The van der Waals surface area contributed by atoms with Crippen molar-refractivity contribution in [2.45, 2.75) is 26.4 Å². The number of fused-ring (bicyclic) bond motifs is 1. The fourth-order valence-corrected chi connectivity index (χ4v) is 4.28. The lowest BCUT2D eigenvalue weighted by molar-refractivity contribution is -0.139. The lowest BCUT2D eigenvalue weighted by Crippen LogP contribution is -2.48. The summed E-state index contributed by atoms with van der Waals surface area (Å²) in [6.45, 7) is 5.06. The molecular weight excluding hydrogens is 444 g/mol. The van der Waals surface area contributed by atoms with Crippen molar-refractivity contribution < 1.29 is 23.8 Å². The van der Waals surface area contributed by atoms with Gasteiger partial charge in [0, 0.05) is 28.2 Å². The number of benzene rings is 2. The van der Waals surface area contributed by atoms with Gasteiger partial charge in [-0.2, -0.15) is 0 Å². The molecule has 1 aliphatic rings. The van der Waals surface area contributed by atoms with E-state index in [1.807, 2.05) is 30.0 Å². The number of aryl methyl sites for hydroxylation is 1. The van der Waals surface area contributed by atoms with Crippen LogP contribution in [-0.4, -0.2) is 61.1 Å². The highest BCUT2D eigenvalue weighted by molar-refractivity contribution is 6.31. The van der Waals surface area contributed by atoms with Gasteiger partial charge in [0.25, 0.3) is 0 Å². The molecule has 2 aromatic carbocycles. The standard InChI is InChI=1S/C25H27ClN2O5/c1-15-20(22-11-18(31-3)5-6-23(22)27-15)12-25(30)28-8-9-32-19(13-28)14-33-24-7-4-17(26)10-21(24)16(2)29/h4-7,10-11,19,27H,8-9,12-14H2,1-3H3. The molecule has 1 N–H and O–H groups in total. The molecule has 0 saturated carbocycles. The summed E-state index contributed by atoms with van der Waals surface area (Å²) >= 11 is 6.00. The number of carbonyl (C=O) groups excluding carboxylic acids is 2. The van der Waals surface area contributed by atoms with Crippen LogP contribution in [0.3, 0.4) is 0 Å². The van der Waals surface area contributed by atoms with E-state index in [1.165, 1.54) is 6.92 Å². The van der Waals surface area contributed by atoms with Gasteiger partial charge in [0.05, 0.1) is 32.2 Å². The van der Waals surface area contributed by atoms with Crippen molar-refractivity contribution in [2.24, 2.45) is 0 Å². The van der Waals surface area contributed by atoms with E-state index in [9.17, 15) is 9.59 Å². The Kier molecular flexibility index (Phi) is 6.91. The Hall–Kier alpha value is -3.03. The van der Waals surface area contributed by atoms with Crippen LogP contribution in [0.25, 0.3) is 10.9 Å². The first-order valence-electron chi connectivity index (χ1n) is 10.8. The highest BCUT2D eigenvalue weighted by Crippen LogP contribution is 2.28. The average Bonchev–Trinajstić information content (AvgIpc) is 3.12. The number of ether oxygens (including phenoxy) is 3. The van der Waals surface area contributed by atoms with Crippen LogP contribution in [0.15, 0.2) is 36.4 Å². The van der Waals surface area contributed by atoms with E-state index in [0.29, 0.717) is 36.0 Å². The molecule has 174 valence electrons. The molecule has 33 heavy (non-hydrogen) atoms. The van der Waals surface area contributed by atoms with E-state index in [2.05, 4.69) is 4.98 Å². The number of H-pyrrole nitrogens is 1. The topological polar surface area (TPSA) is 80.9 Å². The van der Waals surface area contributed by atoms with Gasteiger partial charge in [-0.1, -0.05) is 11.6 Å². The number of rotatable bonds is 7. The zero-order valence-corrected chi connectivity index (χ0v) is 19.7. The number of ketones is 1. The maximum atomic E-state index is 13.1. The number of Topliss-reactive ketones (excluding diaryl/α,β-unsaturated/α-hetero) is 1. The normalized spacial score (nSPS) is 16.1. The van der Waals surface area contributed by atoms with Gasteiger partial charge in [0.15, 0.2) is 5.78 Å². The fourth-order valence-electron chi connectivity index (χ4n) is 4.11. The number of nitrogens with one attached hydrogen (secondary N) is 1. The van der Waals surface area contributed by atoms with Crippen LogP contribution in [0, 0.1) is 6.92 Å². The van der Waals surface area contributed by atoms with E-state index in [-0.39, 0.29) is 30.8 Å². The highest BCUT2D eigenvalue weighted by Gasteiger charge is 2.26. The first-order valence-corrected chi connectivity index (χ1v) is 11.2. The molecule has 0 bridgehead atoms. The number of amides is 1. The van der Waals surface area contributed by atoms with Gasteiger partial charge in [-0.25, -0.2) is 0 Å². The number of aromatic amines is 1. The zero-order valence-electron chi connectivity index (χ0n) is 18.9. The lowest BCUT2D eigenvalue weighted by Gasteiger charge is -2.33. The predicted octanol–water partition coefficient (Wildman–Crippen LogP) is 4.19. The predicted molar refractivity (Wildman–Crippen MR) is 127 cm³/mol. The molecule has 4 rings (SSSR count). The zero-order chi connectivity index (χ0) is 23.5. The van der Waals surface area contributed by atoms with Crippen molar-refractivity contribution in [3.8, 4) is 11.5 Å². The molecule has 0 aliphatic carbocycles. The number of hydrogen-bond acceptors (Lipinski definition) is 5. The number of halogens is 1. The summed E-state index contributed by atoms with van der Waals surface area (Å²) in [4.78, 5) is 30.2. The van der Waals surface area contributed by atoms with Crippen LogP contribution in [0.1, 0.15) is 28.5 Å². The average molecular weight is 471 g/mol. The van der Waals surface area contributed by atoms with Crippen LogP contribution in [0.2, 0.25) is 5.02 Å². The van der Waals surface area contributed by atoms with Gasteiger partial charge in [-0.15, -0.1) is 0 Å². The Balaban J connectivity index is 1.42. The number of hydrogen-bond donors (Lipinski definition) is 1. The molecular formula is C25H27ClN2O5. The SMILES string of the molecule is COc1ccc2[nH]c(C)c(CC(=O)N3CCOC(COc4ccc(Cl)cc4C(C)=O)C3)c2c1. The summed E-state index contributed by atoms with van der Waals surface area (Å²) in [6.07, 6.45) is 0.000433. The Morgan fingerprint density at radius 3 is 2.82 bits per heavy atom. The summed E-state index contributed by atoms with van der Waals surface area (Å²) in [5.74, 6) is 1.12. The lowest BCUT2D eigenvalue weighted by atomic mass is 10.1. The van der Waals surface area contributed by atoms with Crippen molar-refractivity contribution in [1.29, 1.82) is 0 Å². The molecule has 3 aromatic rings. The monoisotopic (exact) mass is 470 g/mol. The Morgan fingerprint density at radius 1 is 1.24 bits per heavy atom. The number of morpholine rings is 1. The number of aromatic nitrogens is 1. The molecule has 1 unspecified atom stereocenters. The molecule has 7 nitrogen and oxygen atoms in total. The van der Waals surface area contributed by atoms with E-state index in [1.54, 1.807) is 25.3 Å². The van der Waals surface area contributed by atoms with Crippen LogP contribution in [-0.2, 0) is 16.0 Å². The summed E-state index contributed by atoms with van der Waals surface area (Å²) in [5, 5.41) is 1.47. The maximum Gasteiger partial charge on any atom is 0.227 e. The van der Waals surface area contributed by atoms with E-state index >= 15 is 0 Å². The molecule has 1 saturated heterocycles. The number of nitrogens with zero attached hydrogens (tertiary/aromatic N) is 1. The Bertz CT molecular complexity index is 1190. The third kappa shape index (κ3) is 5.15. The van der Waals surface area contributed by atoms with Crippen LogP contribution < -0.4 is 9.47 Å². The van der Waals surface area contributed by atoms with Crippen molar-refractivity contribution in [1.82, 2.24) is 9.88 Å². The Morgan fingerprint density at radius 2 is 2.06 bits per heavy atom. The Labute approximate surface area is 197 Å². The number of methoxy groups -OCH3 is 1. The van der Waals surface area contributed by atoms with Crippen molar-refractivity contribution >= 4 is 34.2 Å². The minimum Gasteiger partial charge on any atom is -0.497 e. The quantitative estimate of drug-likeness (QED) is 0.524. The van der Waals surface area contributed by atoms with Crippen molar-refractivity contribution in [3.05, 3.63) is 58.2 Å². The fraction of sp³-hybridized carbons (Fsp3) is 0.360. The number of carbonyl (C=O) groups is 2. The van der Waals surface area contributed by atoms with Crippen LogP contribution in [0.4, 0.5) is 0 Å². The van der Waals surface area contributed by atoms with Gasteiger partial charge in [-0.3, -0.25) is 9.59 Å². The molecule has 1 fully saturated rings. The van der Waals surface area contributed by atoms with Crippen molar-refractivity contribution in [2.75, 3.05) is 33.4 Å². The van der Waals surface area contributed by atoms with E-state index in [4.69, 9.17) is 25.8 Å². The second kappa shape index (κ2) is 9.85. The van der Waals surface area contributed by atoms with E-state index < -0.39 is 0 Å². The molecule has 2 heterocycles. The second-order valence-electron chi connectivity index (χ2n) is 8.16. The first kappa shape index (κ1) is 23.1. The first-order chi connectivity index (χ1) is 15.9. The minimum absolute atomic E-state index is 0.0334. The van der Waals surface area contributed by atoms with Gasteiger partial charge >= 0.3 is 0 Å².